The summed E-state index contributed by atoms with van der Waals surface area (Å²) in [5.41, 5.74) is 6.01. The Hall–Kier alpha value is -4.28. The molecule has 0 radical (unpaired) electrons. The Balaban J connectivity index is 0.000000304. The van der Waals surface area contributed by atoms with E-state index >= 15 is 0 Å². The van der Waals surface area contributed by atoms with Crippen LogP contribution in [-0.4, -0.2) is 80.3 Å². The van der Waals surface area contributed by atoms with Crippen molar-refractivity contribution in [1.82, 2.24) is 9.80 Å². The highest BCUT2D eigenvalue weighted by Gasteiger charge is 2.21. The normalized spacial score (nSPS) is 17.0. The first kappa shape index (κ1) is 32.9. The zero-order valence-corrected chi connectivity index (χ0v) is 23.2. The van der Waals surface area contributed by atoms with Crippen molar-refractivity contribution in [2.75, 3.05) is 20.1 Å². The number of aliphatic carboxylic acids is 4. The molecule has 2 aliphatic heterocycles. The number of rotatable bonds is 7. The van der Waals surface area contributed by atoms with Crippen molar-refractivity contribution in [3.8, 4) is 0 Å². The van der Waals surface area contributed by atoms with Crippen LogP contribution in [0, 0.1) is 0 Å². The van der Waals surface area contributed by atoms with Crippen LogP contribution in [-0.2, 0) is 38.7 Å². The molecule has 2 aromatic rings. The Kier molecular flexibility index (Phi) is 14.0. The summed E-state index contributed by atoms with van der Waals surface area (Å²) in [5, 5.41) is 31.2. The maximum atomic E-state index is 9.55. The van der Waals surface area contributed by atoms with Gasteiger partial charge in [0.05, 0.1) is 0 Å². The van der Waals surface area contributed by atoms with E-state index < -0.39 is 23.9 Å². The average molecular weight is 567 g/mol. The van der Waals surface area contributed by atoms with Crippen LogP contribution in [0.2, 0.25) is 0 Å². The summed E-state index contributed by atoms with van der Waals surface area (Å²) in [6, 6.07) is 18.8. The molecule has 2 aromatic carbocycles. The fraction of sp³-hybridized carbons (Fsp3) is 0.355. The van der Waals surface area contributed by atoms with Gasteiger partial charge in [-0.2, -0.15) is 0 Å². The average Bonchev–Trinajstić information content (AvgIpc) is 2.91. The van der Waals surface area contributed by atoms with Gasteiger partial charge in [-0.05, 0) is 61.5 Å². The van der Waals surface area contributed by atoms with Crippen LogP contribution >= 0.6 is 0 Å². The number of hydrogen-bond acceptors (Lipinski definition) is 6. The molecule has 1 saturated heterocycles. The van der Waals surface area contributed by atoms with E-state index in [1.807, 2.05) is 0 Å². The van der Waals surface area contributed by atoms with Crippen LogP contribution in [0.1, 0.15) is 47.9 Å². The lowest BCUT2D eigenvalue weighted by molar-refractivity contribution is -0.134. The number of nitrogens with zero attached hydrogens (tertiary/aromatic N) is 2. The minimum Gasteiger partial charge on any atom is -0.478 e. The van der Waals surface area contributed by atoms with Crippen LogP contribution in [0.25, 0.3) is 0 Å². The van der Waals surface area contributed by atoms with Gasteiger partial charge in [-0.15, -0.1) is 0 Å². The monoisotopic (exact) mass is 566 g/mol. The van der Waals surface area contributed by atoms with Gasteiger partial charge in [-0.25, -0.2) is 19.2 Å². The second kappa shape index (κ2) is 17.4. The lowest BCUT2D eigenvalue weighted by Gasteiger charge is -2.35. The lowest BCUT2D eigenvalue weighted by atomic mass is 9.93. The van der Waals surface area contributed by atoms with Crippen molar-refractivity contribution in [2.24, 2.45) is 0 Å². The first-order valence-electron chi connectivity index (χ1n) is 13.4. The summed E-state index contributed by atoms with van der Waals surface area (Å²) in [4.78, 5) is 43.5. The standard InChI is InChI=1S/C23H30N2.2C4H4O4/c1-24-14-7-6-12-23(24)13-15-25-17-21-10-4-2-8-19(21)16-20-9-3-5-11-22(20)18-25;2*5-3(6)1-2-4(7)8/h2-5,8-11,23H,6-7,12-18H2,1H3;2*1-2H,(H,5,6)(H,7,8)/b;2*2-1-. The predicted octanol–water partition coefficient (Wildman–Crippen LogP) is 3.89. The van der Waals surface area contributed by atoms with Gasteiger partial charge in [0.2, 0.25) is 0 Å². The van der Waals surface area contributed by atoms with E-state index in [0.717, 1.165) is 25.6 Å². The smallest absolute Gasteiger partial charge is 0.328 e. The van der Waals surface area contributed by atoms with Crippen molar-refractivity contribution in [3.05, 3.63) is 95.1 Å². The largest absolute Gasteiger partial charge is 0.478 e. The molecule has 41 heavy (non-hydrogen) atoms. The van der Waals surface area contributed by atoms with Gasteiger partial charge in [0.1, 0.15) is 0 Å². The quantitative estimate of drug-likeness (QED) is 0.363. The second-order valence-corrected chi connectivity index (χ2v) is 9.86. The van der Waals surface area contributed by atoms with Crippen LogP contribution < -0.4 is 0 Å². The van der Waals surface area contributed by atoms with Crippen molar-refractivity contribution in [3.63, 3.8) is 0 Å². The Morgan fingerprint density at radius 2 is 1.12 bits per heavy atom. The SMILES string of the molecule is CN1CCCCC1CCN1Cc2ccccc2Cc2ccccc2C1.O=C(O)/C=C\C(=O)O.O=C(O)/C=C\C(=O)O. The molecule has 4 rings (SSSR count). The summed E-state index contributed by atoms with van der Waals surface area (Å²) in [5.74, 6) is -5.03. The van der Waals surface area contributed by atoms with Crippen molar-refractivity contribution in [2.45, 2.75) is 51.2 Å². The van der Waals surface area contributed by atoms with Crippen molar-refractivity contribution in [1.29, 1.82) is 0 Å². The summed E-state index contributed by atoms with van der Waals surface area (Å²) in [7, 11) is 2.31. The fourth-order valence-electron chi connectivity index (χ4n) is 4.80. The maximum Gasteiger partial charge on any atom is 0.328 e. The third-order valence-electron chi connectivity index (χ3n) is 6.84. The van der Waals surface area contributed by atoms with Gasteiger partial charge in [-0.1, -0.05) is 55.0 Å². The van der Waals surface area contributed by atoms with Crippen LogP contribution in [0.15, 0.2) is 72.8 Å². The lowest BCUT2D eigenvalue weighted by Crippen LogP contribution is -2.39. The summed E-state index contributed by atoms with van der Waals surface area (Å²) in [6.07, 6.45) is 8.75. The number of benzene rings is 2. The second-order valence-electron chi connectivity index (χ2n) is 9.86. The molecule has 0 amide bonds. The highest BCUT2D eigenvalue weighted by Crippen LogP contribution is 2.25. The van der Waals surface area contributed by atoms with Gasteiger partial charge in [0.25, 0.3) is 0 Å². The van der Waals surface area contributed by atoms with Crippen LogP contribution in [0.4, 0.5) is 0 Å². The number of carboxylic acid groups (broad SMARTS) is 4. The molecule has 0 aromatic heterocycles. The maximum absolute atomic E-state index is 9.55. The third kappa shape index (κ3) is 13.1. The molecule has 0 saturated carbocycles. The number of piperidine rings is 1. The predicted molar refractivity (Wildman–Crippen MR) is 154 cm³/mol. The molecule has 0 spiro atoms. The van der Waals surface area contributed by atoms with Gasteiger partial charge >= 0.3 is 23.9 Å². The van der Waals surface area contributed by atoms with Gasteiger partial charge in [-0.3, -0.25) is 4.90 Å². The molecule has 10 nitrogen and oxygen atoms in total. The molecule has 1 fully saturated rings. The van der Waals surface area contributed by atoms with Crippen LogP contribution in [0.5, 0.6) is 0 Å². The highest BCUT2D eigenvalue weighted by molar-refractivity contribution is 5.90. The fourth-order valence-corrected chi connectivity index (χ4v) is 4.80. The zero-order valence-electron chi connectivity index (χ0n) is 23.2. The van der Waals surface area contributed by atoms with E-state index in [2.05, 4.69) is 65.4 Å². The minimum absolute atomic E-state index is 0.558. The van der Waals surface area contributed by atoms with Gasteiger partial charge < -0.3 is 25.3 Å². The Morgan fingerprint density at radius 3 is 1.51 bits per heavy atom. The summed E-state index contributed by atoms with van der Waals surface area (Å²) < 4.78 is 0. The van der Waals surface area contributed by atoms with E-state index in [1.54, 1.807) is 0 Å². The first-order chi connectivity index (χ1) is 19.5. The number of fused-ring (bicyclic) bond motifs is 2. The molecular formula is C31H38N2O8. The zero-order chi connectivity index (χ0) is 30.2. The Labute approximate surface area is 239 Å². The molecule has 2 aliphatic rings. The first-order valence-corrected chi connectivity index (χ1v) is 13.4. The molecule has 220 valence electrons. The molecule has 0 aliphatic carbocycles. The number of likely N-dealkylation sites (tertiary alicyclic amines) is 1. The van der Waals surface area contributed by atoms with E-state index in [1.165, 1.54) is 61.0 Å². The van der Waals surface area contributed by atoms with Gasteiger partial charge in [0.15, 0.2) is 0 Å². The van der Waals surface area contributed by atoms with E-state index in [9.17, 15) is 19.2 Å². The Morgan fingerprint density at radius 1 is 0.707 bits per heavy atom. The van der Waals surface area contributed by atoms with Crippen molar-refractivity contribution >= 4 is 23.9 Å². The van der Waals surface area contributed by atoms with E-state index in [-0.39, 0.29) is 0 Å². The highest BCUT2D eigenvalue weighted by atomic mass is 16.4. The molecule has 10 heteroatoms. The number of carbonyl (C=O) groups is 4. The summed E-state index contributed by atoms with van der Waals surface area (Å²) in [6.45, 7) is 4.63. The number of hydrogen-bond donors (Lipinski definition) is 4. The molecule has 1 atom stereocenters. The molecule has 0 bridgehead atoms. The van der Waals surface area contributed by atoms with Crippen molar-refractivity contribution < 1.29 is 39.6 Å². The topological polar surface area (TPSA) is 156 Å². The van der Waals surface area contributed by atoms with E-state index in [0.29, 0.717) is 24.3 Å². The molecule has 4 N–H and O–H groups in total. The minimum atomic E-state index is -1.26. The molecular weight excluding hydrogens is 528 g/mol. The van der Waals surface area contributed by atoms with E-state index in [4.69, 9.17) is 20.4 Å². The Bertz CT molecular complexity index is 1130. The number of carboxylic acids is 4. The van der Waals surface area contributed by atoms with Crippen LogP contribution in [0.3, 0.4) is 0 Å². The molecule has 2 heterocycles. The molecule has 1 unspecified atom stereocenters. The summed E-state index contributed by atoms with van der Waals surface area (Å²) >= 11 is 0. The van der Waals surface area contributed by atoms with Gasteiger partial charge in [0, 0.05) is 50.0 Å². The third-order valence-corrected chi connectivity index (χ3v) is 6.84.